The van der Waals surface area contributed by atoms with Gasteiger partial charge in [0.25, 0.3) is 0 Å². The summed E-state index contributed by atoms with van der Waals surface area (Å²) >= 11 is 5.78. The molecular formula is C18H21Cl2NO3. The summed E-state index contributed by atoms with van der Waals surface area (Å²) in [6.07, 6.45) is 0. The number of hydrogen-bond donors (Lipinski definition) is 0. The van der Waals surface area contributed by atoms with Gasteiger partial charge in [-0.05, 0) is 36.9 Å². The molecular weight excluding hydrogens is 349 g/mol. The number of halogens is 2. The number of benzene rings is 2. The van der Waals surface area contributed by atoms with E-state index in [-0.39, 0.29) is 25.0 Å². The number of ether oxygens (including phenoxy) is 2. The van der Waals surface area contributed by atoms with Crippen LogP contribution in [0.3, 0.4) is 0 Å². The summed E-state index contributed by atoms with van der Waals surface area (Å²) in [6, 6.07) is 17.0. The number of hydrogen-bond acceptors (Lipinski definition) is 4. The summed E-state index contributed by atoms with van der Waals surface area (Å²) in [5, 5.41) is 0.626. The third-order valence-electron chi connectivity index (χ3n) is 3.20. The Bertz CT molecular complexity index is 605. The van der Waals surface area contributed by atoms with E-state index in [1.807, 2.05) is 25.2 Å². The summed E-state index contributed by atoms with van der Waals surface area (Å²) in [7, 11) is 1.99. The van der Waals surface area contributed by atoms with Crippen LogP contribution in [0.2, 0.25) is 5.02 Å². The van der Waals surface area contributed by atoms with Gasteiger partial charge in [0.1, 0.15) is 12.4 Å². The monoisotopic (exact) mass is 369 g/mol. The topological polar surface area (TPSA) is 38.8 Å². The first-order valence-electron chi connectivity index (χ1n) is 7.40. The predicted octanol–water partition coefficient (Wildman–Crippen LogP) is 3.82. The zero-order chi connectivity index (χ0) is 16.5. The quantitative estimate of drug-likeness (QED) is 0.663. The third-order valence-corrected chi connectivity index (χ3v) is 3.45. The first-order chi connectivity index (χ1) is 11.1. The van der Waals surface area contributed by atoms with Gasteiger partial charge in [-0.25, -0.2) is 4.79 Å². The maximum absolute atomic E-state index is 11.6. The largest absolute Gasteiger partial charge is 0.482 e. The Balaban J connectivity index is 0.00000288. The van der Waals surface area contributed by atoms with Crippen LogP contribution < -0.4 is 4.74 Å². The molecule has 0 spiro atoms. The Morgan fingerprint density at radius 3 is 2.42 bits per heavy atom. The molecule has 0 atom stereocenters. The summed E-state index contributed by atoms with van der Waals surface area (Å²) in [6.45, 7) is 1.72. The molecule has 0 saturated heterocycles. The molecule has 2 aromatic carbocycles. The fraction of sp³-hybridized carbons (Fsp3) is 0.278. The van der Waals surface area contributed by atoms with Crippen molar-refractivity contribution in [3.05, 3.63) is 65.2 Å². The fourth-order valence-corrected chi connectivity index (χ4v) is 2.13. The molecule has 2 rings (SSSR count). The van der Waals surface area contributed by atoms with Crippen LogP contribution in [0, 0.1) is 0 Å². The number of carbonyl (C=O) groups excluding carboxylic acids is 1. The lowest BCUT2D eigenvalue weighted by Gasteiger charge is -2.16. The minimum Gasteiger partial charge on any atom is -0.482 e. The Morgan fingerprint density at radius 1 is 1.08 bits per heavy atom. The Hall–Kier alpha value is -1.75. The van der Waals surface area contributed by atoms with Gasteiger partial charge in [-0.15, -0.1) is 12.4 Å². The molecule has 0 saturated carbocycles. The van der Waals surface area contributed by atoms with E-state index in [4.69, 9.17) is 21.1 Å². The molecule has 0 amide bonds. The Morgan fingerprint density at radius 2 is 1.75 bits per heavy atom. The Kier molecular flexibility index (Phi) is 9.23. The highest BCUT2D eigenvalue weighted by Crippen LogP contribution is 2.15. The van der Waals surface area contributed by atoms with Crippen molar-refractivity contribution in [1.82, 2.24) is 4.90 Å². The average molecular weight is 370 g/mol. The molecule has 0 bridgehead atoms. The molecule has 0 radical (unpaired) electrons. The van der Waals surface area contributed by atoms with Crippen molar-refractivity contribution >= 4 is 30.0 Å². The van der Waals surface area contributed by atoms with Gasteiger partial charge in [-0.2, -0.15) is 0 Å². The maximum Gasteiger partial charge on any atom is 0.344 e. The van der Waals surface area contributed by atoms with Crippen molar-refractivity contribution in [3.63, 3.8) is 0 Å². The molecule has 0 aliphatic heterocycles. The second-order valence-corrected chi connectivity index (χ2v) is 5.62. The highest BCUT2D eigenvalue weighted by Gasteiger charge is 2.06. The molecule has 6 heteroatoms. The van der Waals surface area contributed by atoms with E-state index in [1.165, 1.54) is 5.56 Å². The predicted molar refractivity (Wildman–Crippen MR) is 97.9 cm³/mol. The normalized spacial score (nSPS) is 10.1. The van der Waals surface area contributed by atoms with Crippen LogP contribution in [0.1, 0.15) is 5.56 Å². The van der Waals surface area contributed by atoms with Crippen molar-refractivity contribution in [2.45, 2.75) is 6.54 Å². The lowest BCUT2D eigenvalue weighted by molar-refractivity contribution is -0.146. The van der Waals surface area contributed by atoms with Crippen molar-refractivity contribution in [2.75, 3.05) is 26.8 Å². The van der Waals surface area contributed by atoms with Gasteiger partial charge in [-0.1, -0.05) is 41.9 Å². The van der Waals surface area contributed by atoms with E-state index in [2.05, 4.69) is 17.0 Å². The molecule has 4 nitrogen and oxygen atoms in total. The van der Waals surface area contributed by atoms with Crippen molar-refractivity contribution in [1.29, 1.82) is 0 Å². The Labute approximate surface area is 153 Å². The van der Waals surface area contributed by atoms with Gasteiger partial charge in [0.2, 0.25) is 0 Å². The molecule has 24 heavy (non-hydrogen) atoms. The molecule has 0 aliphatic rings. The second-order valence-electron chi connectivity index (χ2n) is 5.19. The molecule has 0 fully saturated rings. The average Bonchev–Trinajstić information content (AvgIpc) is 2.55. The van der Waals surface area contributed by atoms with E-state index in [0.717, 1.165) is 6.54 Å². The van der Waals surface area contributed by atoms with E-state index in [9.17, 15) is 4.79 Å². The van der Waals surface area contributed by atoms with Crippen LogP contribution >= 0.6 is 24.0 Å². The van der Waals surface area contributed by atoms with Gasteiger partial charge in [-0.3, -0.25) is 4.90 Å². The number of rotatable bonds is 8. The summed E-state index contributed by atoms with van der Waals surface area (Å²) in [4.78, 5) is 13.7. The second kappa shape index (κ2) is 10.9. The van der Waals surface area contributed by atoms with Crippen LogP contribution in [-0.4, -0.2) is 37.7 Å². The number of esters is 1. The summed E-state index contributed by atoms with van der Waals surface area (Å²) in [5.41, 5.74) is 1.23. The van der Waals surface area contributed by atoms with E-state index in [1.54, 1.807) is 24.3 Å². The minimum atomic E-state index is -0.381. The van der Waals surface area contributed by atoms with E-state index in [0.29, 0.717) is 23.9 Å². The van der Waals surface area contributed by atoms with Crippen molar-refractivity contribution in [3.8, 4) is 5.75 Å². The molecule has 130 valence electrons. The molecule has 0 aromatic heterocycles. The van der Waals surface area contributed by atoms with Gasteiger partial charge in [0.15, 0.2) is 6.61 Å². The lowest BCUT2D eigenvalue weighted by atomic mass is 10.2. The molecule has 0 unspecified atom stereocenters. The maximum atomic E-state index is 11.6. The standard InChI is InChI=1S/C18H20ClNO3.ClH/c1-20(13-15-5-3-2-4-6-15)11-12-22-18(21)14-23-17-9-7-16(19)8-10-17;/h2-10H,11-14H2,1H3;1H. The highest BCUT2D eigenvalue weighted by atomic mass is 35.5. The van der Waals surface area contributed by atoms with Crippen LogP contribution in [0.15, 0.2) is 54.6 Å². The van der Waals surface area contributed by atoms with Crippen molar-refractivity contribution < 1.29 is 14.3 Å². The number of likely N-dealkylation sites (N-methyl/N-ethyl adjacent to an activating group) is 1. The van der Waals surface area contributed by atoms with Gasteiger partial charge in [0.05, 0.1) is 0 Å². The van der Waals surface area contributed by atoms with E-state index >= 15 is 0 Å². The number of carbonyl (C=O) groups is 1. The van der Waals surface area contributed by atoms with Crippen LogP contribution in [0.5, 0.6) is 5.75 Å². The lowest BCUT2D eigenvalue weighted by Crippen LogP contribution is -2.25. The fourth-order valence-electron chi connectivity index (χ4n) is 2.00. The zero-order valence-corrected chi connectivity index (χ0v) is 15.1. The molecule has 0 N–H and O–H groups in total. The highest BCUT2D eigenvalue weighted by molar-refractivity contribution is 6.30. The smallest absolute Gasteiger partial charge is 0.344 e. The SMILES string of the molecule is CN(CCOC(=O)COc1ccc(Cl)cc1)Cc1ccccc1.Cl. The van der Waals surface area contributed by atoms with E-state index < -0.39 is 0 Å². The zero-order valence-electron chi connectivity index (χ0n) is 13.5. The molecule has 0 aliphatic carbocycles. The van der Waals surface area contributed by atoms with Crippen molar-refractivity contribution in [2.24, 2.45) is 0 Å². The van der Waals surface area contributed by atoms with Crippen LogP contribution in [0.25, 0.3) is 0 Å². The third kappa shape index (κ3) is 7.68. The first kappa shape index (κ1) is 20.3. The summed E-state index contributed by atoms with van der Waals surface area (Å²) in [5.74, 6) is 0.209. The molecule has 0 heterocycles. The summed E-state index contributed by atoms with van der Waals surface area (Å²) < 4.78 is 10.5. The minimum absolute atomic E-state index is 0. The molecule has 2 aromatic rings. The van der Waals surface area contributed by atoms with Gasteiger partial charge < -0.3 is 9.47 Å². The van der Waals surface area contributed by atoms with Crippen LogP contribution in [0.4, 0.5) is 0 Å². The van der Waals surface area contributed by atoms with Gasteiger partial charge in [0, 0.05) is 18.1 Å². The van der Waals surface area contributed by atoms with Gasteiger partial charge >= 0.3 is 5.97 Å². The van der Waals surface area contributed by atoms with Crippen LogP contribution in [-0.2, 0) is 16.1 Å². The first-order valence-corrected chi connectivity index (χ1v) is 7.78. The number of nitrogens with zero attached hydrogens (tertiary/aromatic N) is 1.